The SMILES string of the molecule is CC(CNS(=O)(=O)CCCl)N(C)C1CC1. The van der Waals surface area contributed by atoms with Gasteiger partial charge in [0.15, 0.2) is 0 Å². The maximum atomic E-state index is 11.3. The van der Waals surface area contributed by atoms with Crippen molar-refractivity contribution in [1.29, 1.82) is 0 Å². The van der Waals surface area contributed by atoms with E-state index in [0.717, 1.165) is 0 Å². The van der Waals surface area contributed by atoms with Gasteiger partial charge in [-0.05, 0) is 26.8 Å². The van der Waals surface area contributed by atoms with Crippen LogP contribution in [-0.2, 0) is 10.0 Å². The molecule has 1 aliphatic rings. The molecule has 90 valence electrons. The molecular formula is C9H19ClN2O2S. The summed E-state index contributed by atoms with van der Waals surface area (Å²) in [6, 6.07) is 0.889. The van der Waals surface area contributed by atoms with Gasteiger partial charge < -0.3 is 0 Å². The third-order valence-corrected chi connectivity index (χ3v) is 4.52. The van der Waals surface area contributed by atoms with E-state index in [9.17, 15) is 8.42 Å². The zero-order valence-electron chi connectivity index (χ0n) is 9.24. The molecule has 0 spiro atoms. The lowest BCUT2D eigenvalue weighted by molar-refractivity contribution is 0.248. The summed E-state index contributed by atoms with van der Waals surface area (Å²) in [5.74, 6) is 0.136. The van der Waals surface area contributed by atoms with Crippen LogP contribution >= 0.6 is 11.6 Å². The summed E-state index contributed by atoms with van der Waals surface area (Å²) in [6.07, 6.45) is 2.46. The fourth-order valence-electron chi connectivity index (χ4n) is 1.41. The topological polar surface area (TPSA) is 49.4 Å². The first-order valence-corrected chi connectivity index (χ1v) is 7.40. The quantitative estimate of drug-likeness (QED) is 0.678. The number of likely N-dealkylation sites (N-methyl/N-ethyl adjacent to an activating group) is 1. The monoisotopic (exact) mass is 254 g/mol. The second-order valence-corrected chi connectivity index (χ2v) is 6.41. The highest BCUT2D eigenvalue weighted by molar-refractivity contribution is 7.89. The molecule has 6 heteroatoms. The van der Waals surface area contributed by atoms with Crippen LogP contribution in [-0.4, -0.2) is 50.6 Å². The first-order valence-electron chi connectivity index (χ1n) is 5.21. The second kappa shape index (κ2) is 5.48. The molecule has 0 aromatic heterocycles. The van der Waals surface area contributed by atoms with Crippen LogP contribution in [0.5, 0.6) is 0 Å². The number of alkyl halides is 1. The lowest BCUT2D eigenvalue weighted by atomic mass is 10.3. The van der Waals surface area contributed by atoms with Gasteiger partial charge >= 0.3 is 0 Å². The molecule has 1 fully saturated rings. The van der Waals surface area contributed by atoms with E-state index >= 15 is 0 Å². The fraction of sp³-hybridized carbons (Fsp3) is 1.00. The molecule has 0 heterocycles. The number of nitrogens with one attached hydrogen (secondary N) is 1. The van der Waals surface area contributed by atoms with Crippen LogP contribution in [0.15, 0.2) is 0 Å². The molecule has 0 radical (unpaired) electrons. The minimum Gasteiger partial charge on any atom is -0.299 e. The number of nitrogens with zero attached hydrogens (tertiary/aromatic N) is 1. The van der Waals surface area contributed by atoms with Crippen molar-refractivity contribution in [1.82, 2.24) is 9.62 Å². The van der Waals surface area contributed by atoms with Crippen molar-refractivity contribution in [3.05, 3.63) is 0 Å². The summed E-state index contributed by atoms with van der Waals surface area (Å²) >= 11 is 5.39. The minimum atomic E-state index is -3.17. The largest absolute Gasteiger partial charge is 0.299 e. The van der Waals surface area contributed by atoms with Crippen LogP contribution < -0.4 is 4.72 Å². The van der Waals surface area contributed by atoms with E-state index in [1.807, 2.05) is 14.0 Å². The molecule has 1 aliphatic carbocycles. The van der Waals surface area contributed by atoms with E-state index in [4.69, 9.17) is 11.6 Å². The maximum absolute atomic E-state index is 11.3. The van der Waals surface area contributed by atoms with Crippen molar-refractivity contribution in [3.63, 3.8) is 0 Å². The van der Waals surface area contributed by atoms with E-state index in [0.29, 0.717) is 12.6 Å². The summed E-state index contributed by atoms with van der Waals surface area (Å²) in [6.45, 7) is 2.49. The molecule has 1 saturated carbocycles. The van der Waals surface area contributed by atoms with Crippen molar-refractivity contribution >= 4 is 21.6 Å². The van der Waals surface area contributed by atoms with Gasteiger partial charge in [-0.1, -0.05) is 0 Å². The first kappa shape index (κ1) is 13.2. The zero-order valence-corrected chi connectivity index (χ0v) is 10.8. The minimum absolute atomic E-state index is 0.00554. The summed E-state index contributed by atoms with van der Waals surface area (Å²) < 4.78 is 25.2. The van der Waals surface area contributed by atoms with Crippen LogP contribution in [0, 0.1) is 0 Å². The van der Waals surface area contributed by atoms with E-state index in [-0.39, 0.29) is 17.7 Å². The Balaban J connectivity index is 2.29. The Morgan fingerprint density at radius 3 is 2.60 bits per heavy atom. The smallest absolute Gasteiger partial charge is 0.212 e. The van der Waals surface area contributed by atoms with Crippen molar-refractivity contribution in [3.8, 4) is 0 Å². The summed E-state index contributed by atoms with van der Waals surface area (Å²) in [5.41, 5.74) is 0. The molecule has 1 rings (SSSR count). The van der Waals surface area contributed by atoms with Crippen molar-refractivity contribution < 1.29 is 8.42 Å². The molecule has 1 N–H and O–H groups in total. The van der Waals surface area contributed by atoms with Crippen molar-refractivity contribution in [2.75, 3.05) is 25.2 Å². The zero-order chi connectivity index (χ0) is 11.5. The third-order valence-electron chi connectivity index (χ3n) is 2.76. The molecule has 0 aromatic carbocycles. The molecule has 1 atom stereocenters. The predicted molar refractivity (Wildman–Crippen MR) is 62.8 cm³/mol. The fourth-order valence-corrected chi connectivity index (χ4v) is 2.86. The summed E-state index contributed by atoms with van der Waals surface area (Å²) in [4.78, 5) is 2.23. The standard InChI is InChI=1S/C9H19ClN2O2S/c1-8(12(2)9-3-4-9)7-11-15(13,14)6-5-10/h8-9,11H,3-7H2,1-2H3. The molecular weight excluding hydrogens is 236 g/mol. The van der Waals surface area contributed by atoms with Gasteiger partial charge in [0, 0.05) is 24.5 Å². The van der Waals surface area contributed by atoms with E-state index in [2.05, 4.69) is 9.62 Å². The Bertz CT molecular complexity index is 290. The Hall–Kier alpha value is 0.160. The number of rotatable bonds is 7. The van der Waals surface area contributed by atoms with Crippen LogP contribution in [0.25, 0.3) is 0 Å². The normalized spacial score (nSPS) is 19.5. The number of halogens is 1. The van der Waals surface area contributed by atoms with Gasteiger partial charge in [0.2, 0.25) is 10.0 Å². The Morgan fingerprint density at radius 2 is 2.13 bits per heavy atom. The van der Waals surface area contributed by atoms with Crippen LogP contribution in [0.1, 0.15) is 19.8 Å². The molecule has 15 heavy (non-hydrogen) atoms. The highest BCUT2D eigenvalue weighted by Crippen LogP contribution is 2.26. The van der Waals surface area contributed by atoms with E-state index in [1.165, 1.54) is 12.8 Å². The summed E-state index contributed by atoms with van der Waals surface area (Å²) in [7, 11) is -1.13. The molecule has 0 aromatic rings. The summed E-state index contributed by atoms with van der Waals surface area (Å²) in [5, 5.41) is 0. The van der Waals surface area contributed by atoms with Gasteiger partial charge in [-0.2, -0.15) is 0 Å². The van der Waals surface area contributed by atoms with Crippen molar-refractivity contribution in [2.24, 2.45) is 0 Å². The average molecular weight is 255 g/mol. The Morgan fingerprint density at radius 1 is 1.53 bits per heavy atom. The van der Waals surface area contributed by atoms with Crippen molar-refractivity contribution in [2.45, 2.75) is 31.8 Å². The molecule has 1 unspecified atom stereocenters. The lowest BCUT2D eigenvalue weighted by Gasteiger charge is -2.24. The van der Waals surface area contributed by atoms with Crippen LogP contribution in [0.3, 0.4) is 0 Å². The van der Waals surface area contributed by atoms with Gasteiger partial charge in [-0.3, -0.25) is 4.90 Å². The number of hydrogen-bond acceptors (Lipinski definition) is 3. The highest BCUT2D eigenvalue weighted by atomic mass is 35.5. The van der Waals surface area contributed by atoms with Gasteiger partial charge in [0.25, 0.3) is 0 Å². The molecule has 0 bridgehead atoms. The molecule has 0 aliphatic heterocycles. The maximum Gasteiger partial charge on any atom is 0.212 e. The lowest BCUT2D eigenvalue weighted by Crippen LogP contribution is -2.41. The molecule has 0 saturated heterocycles. The Labute approximate surface area is 97.0 Å². The number of sulfonamides is 1. The predicted octanol–water partition coefficient (Wildman–Crippen LogP) is 0.627. The number of hydrogen-bond donors (Lipinski definition) is 1. The molecule has 4 nitrogen and oxygen atoms in total. The molecule has 0 amide bonds. The third kappa shape index (κ3) is 4.68. The second-order valence-electron chi connectivity index (χ2n) is 4.10. The van der Waals surface area contributed by atoms with Gasteiger partial charge in [-0.25, -0.2) is 13.1 Å². The van der Waals surface area contributed by atoms with E-state index in [1.54, 1.807) is 0 Å². The van der Waals surface area contributed by atoms with E-state index < -0.39 is 10.0 Å². The first-order chi connectivity index (χ1) is 6.96. The van der Waals surface area contributed by atoms with Gasteiger partial charge in [0.1, 0.15) is 0 Å². The average Bonchev–Trinajstić information content (AvgIpc) is 2.96. The van der Waals surface area contributed by atoms with Crippen LogP contribution in [0.2, 0.25) is 0 Å². The van der Waals surface area contributed by atoms with Gasteiger partial charge in [0.05, 0.1) is 5.75 Å². The van der Waals surface area contributed by atoms with Crippen LogP contribution in [0.4, 0.5) is 0 Å². The highest BCUT2D eigenvalue weighted by Gasteiger charge is 2.29. The Kier molecular flexibility index (Phi) is 4.83. The van der Waals surface area contributed by atoms with Gasteiger partial charge in [-0.15, -0.1) is 11.6 Å².